The highest BCUT2D eigenvalue weighted by atomic mass is 16.3. The number of imidazole rings is 1. The highest BCUT2D eigenvalue weighted by Gasteiger charge is 2.28. The Morgan fingerprint density at radius 1 is 1.04 bits per heavy atom. The number of aromatic nitrogens is 2. The molecule has 1 aromatic heterocycles. The van der Waals surface area contributed by atoms with Gasteiger partial charge in [0.05, 0.1) is 18.5 Å². The van der Waals surface area contributed by atoms with Crippen LogP contribution in [-0.2, 0) is 0 Å². The molecule has 0 radical (unpaired) electrons. The summed E-state index contributed by atoms with van der Waals surface area (Å²) in [4.78, 5) is 21.2. The fourth-order valence-electron chi connectivity index (χ4n) is 4.06. The SMILES string of the molecule is O=C(c1ccc(N2CCCC2)cc1)N1CC[C@H](O)[C@@H](n2ccnc2)CC1. The van der Waals surface area contributed by atoms with Gasteiger partial charge in [0.15, 0.2) is 0 Å². The van der Waals surface area contributed by atoms with E-state index in [-0.39, 0.29) is 11.9 Å². The second kappa shape index (κ2) is 7.50. The van der Waals surface area contributed by atoms with Crippen molar-refractivity contribution in [2.24, 2.45) is 0 Å². The van der Waals surface area contributed by atoms with Gasteiger partial charge in [-0.15, -0.1) is 0 Å². The molecule has 1 aromatic carbocycles. The highest BCUT2D eigenvalue weighted by Crippen LogP contribution is 2.25. The smallest absolute Gasteiger partial charge is 0.253 e. The van der Waals surface area contributed by atoms with Gasteiger partial charge in [-0.2, -0.15) is 0 Å². The van der Waals surface area contributed by atoms with Crippen molar-refractivity contribution in [1.82, 2.24) is 14.5 Å². The van der Waals surface area contributed by atoms with Gasteiger partial charge < -0.3 is 19.5 Å². The molecule has 6 nitrogen and oxygen atoms in total. The summed E-state index contributed by atoms with van der Waals surface area (Å²) >= 11 is 0. The Morgan fingerprint density at radius 2 is 1.77 bits per heavy atom. The summed E-state index contributed by atoms with van der Waals surface area (Å²) in [5.74, 6) is 0.0523. The van der Waals surface area contributed by atoms with Gasteiger partial charge in [-0.1, -0.05) is 0 Å². The number of carbonyl (C=O) groups is 1. The van der Waals surface area contributed by atoms with E-state index in [2.05, 4.69) is 22.0 Å². The largest absolute Gasteiger partial charge is 0.391 e. The lowest BCUT2D eigenvalue weighted by Crippen LogP contribution is -2.32. The van der Waals surface area contributed by atoms with E-state index in [9.17, 15) is 9.90 Å². The van der Waals surface area contributed by atoms with Crippen molar-refractivity contribution in [3.8, 4) is 0 Å². The normalized spacial score (nSPS) is 23.9. The third-order valence-corrected chi connectivity index (χ3v) is 5.61. The Kier molecular flexibility index (Phi) is 4.93. The third-order valence-electron chi connectivity index (χ3n) is 5.61. The molecule has 2 aliphatic rings. The maximum Gasteiger partial charge on any atom is 0.253 e. The van der Waals surface area contributed by atoms with Crippen molar-refractivity contribution in [3.05, 3.63) is 48.5 Å². The van der Waals surface area contributed by atoms with Crippen LogP contribution in [0.25, 0.3) is 0 Å². The number of likely N-dealkylation sites (tertiary alicyclic amines) is 1. The monoisotopic (exact) mass is 354 g/mol. The molecule has 26 heavy (non-hydrogen) atoms. The zero-order valence-electron chi connectivity index (χ0n) is 15.0. The Bertz CT molecular complexity index is 723. The van der Waals surface area contributed by atoms with Crippen molar-refractivity contribution >= 4 is 11.6 Å². The van der Waals surface area contributed by atoms with Crippen LogP contribution in [0.5, 0.6) is 0 Å². The van der Waals surface area contributed by atoms with Crippen LogP contribution in [0, 0.1) is 0 Å². The first-order valence-electron chi connectivity index (χ1n) is 9.52. The first-order valence-corrected chi connectivity index (χ1v) is 9.52. The Hall–Kier alpha value is -2.34. The van der Waals surface area contributed by atoms with Gasteiger partial charge in [-0.3, -0.25) is 4.79 Å². The fraction of sp³-hybridized carbons (Fsp3) is 0.500. The molecular weight excluding hydrogens is 328 g/mol. The van der Waals surface area contributed by atoms with E-state index in [1.54, 1.807) is 12.5 Å². The van der Waals surface area contributed by atoms with Crippen molar-refractivity contribution in [2.75, 3.05) is 31.1 Å². The molecule has 2 atom stereocenters. The van der Waals surface area contributed by atoms with Gasteiger partial charge in [0.1, 0.15) is 0 Å². The average molecular weight is 354 g/mol. The molecule has 138 valence electrons. The summed E-state index contributed by atoms with van der Waals surface area (Å²) in [7, 11) is 0. The first-order chi connectivity index (χ1) is 12.7. The number of aliphatic hydroxyl groups excluding tert-OH is 1. The molecule has 6 heteroatoms. The second-order valence-electron chi connectivity index (χ2n) is 7.26. The highest BCUT2D eigenvalue weighted by molar-refractivity contribution is 5.94. The van der Waals surface area contributed by atoms with E-state index in [4.69, 9.17) is 0 Å². The number of carbonyl (C=O) groups excluding carboxylic acids is 1. The lowest BCUT2D eigenvalue weighted by Gasteiger charge is -2.22. The van der Waals surface area contributed by atoms with Gasteiger partial charge in [-0.05, 0) is 49.9 Å². The van der Waals surface area contributed by atoms with E-state index in [1.807, 2.05) is 27.8 Å². The maximum atomic E-state index is 12.9. The van der Waals surface area contributed by atoms with Gasteiger partial charge >= 0.3 is 0 Å². The number of rotatable bonds is 3. The van der Waals surface area contributed by atoms with Crippen molar-refractivity contribution in [2.45, 2.75) is 37.8 Å². The molecule has 2 aromatic rings. The first kappa shape index (κ1) is 17.1. The number of aliphatic hydroxyl groups is 1. The summed E-state index contributed by atoms with van der Waals surface area (Å²) in [6, 6.07) is 7.96. The van der Waals surface area contributed by atoms with Crippen LogP contribution in [0.4, 0.5) is 5.69 Å². The maximum absolute atomic E-state index is 12.9. The number of amides is 1. The minimum Gasteiger partial charge on any atom is -0.391 e. The molecule has 2 saturated heterocycles. The summed E-state index contributed by atoms with van der Waals surface area (Å²) in [5.41, 5.74) is 1.93. The van der Waals surface area contributed by atoms with E-state index in [0.717, 1.165) is 25.1 Å². The number of benzene rings is 1. The average Bonchev–Trinajstić information content (AvgIpc) is 3.35. The Balaban J connectivity index is 1.43. The molecule has 1 amide bonds. The Labute approximate surface area is 154 Å². The van der Waals surface area contributed by atoms with Gasteiger partial charge in [0, 0.05) is 49.8 Å². The topological polar surface area (TPSA) is 61.6 Å². The van der Waals surface area contributed by atoms with Crippen LogP contribution >= 0.6 is 0 Å². The molecule has 1 N–H and O–H groups in total. The second-order valence-corrected chi connectivity index (χ2v) is 7.26. The fourth-order valence-corrected chi connectivity index (χ4v) is 4.06. The molecule has 2 aliphatic heterocycles. The molecule has 2 fully saturated rings. The summed E-state index contributed by atoms with van der Waals surface area (Å²) in [6.45, 7) is 3.44. The zero-order valence-corrected chi connectivity index (χ0v) is 15.0. The van der Waals surface area contributed by atoms with Crippen molar-refractivity contribution < 1.29 is 9.90 Å². The summed E-state index contributed by atoms with van der Waals surface area (Å²) in [5, 5.41) is 10.5. The molecule has 0 spiro atoms. The number of hydrogen-bond acceptors (Lipinski definition) is 4. The van der Waals surface area contributed by atoms with Gasteiger partial charge in [0.2, 0.25) is 0 Å². The number of nitrogens with zero attached hydrogens (tertiary/aromatic N) is 4. The van der Waals surface area contributed by atoms with Crippen molar-refractivity contribution in [1.29, 1.82) is 0 Å². The lowest BCUT2D eigenvalue weighted by molar-refractivity contribution is 0.0751. The predicted octanol–water partition coefficient (Wildman–Crippen LogP) is 2.32. The molecule has 3 heterocycles. The zero-order chi connectivity index (χ0) is 17.9. The van der Waals surface area contributed by atoms with E-state index in [1.165, 1.54) is 18.5 Å². The molecule has 0 saturated carbocycles. The Morgan fingerprint density at radius 3 is 2.46 bits per heavy atom. The van der Waals surface area contributed by atoms with E-state index < -0.39 is 6.10 Å². The van der Waals surface area contributed by atoms with Gasteiger partial charge in [-0.25, -0.2) is 4.98 Å². The standard InChI is InChI=1S/C20H26N4O2/c25-19-8-13-23(12-7-18(19)24-14-9-21-15-24)20(26)16-3-5-17(6-4-16)22-10-1-2-11-22/h3-6,9,14-15,18-19,25H,1-2,7-8,10-13H2/t18-,19-/m0/s1. The van der Waals surface area contributed by atoms with E-state index in [0.29, 0.717) is 19.5 Å². The molecule has 0 aliphatic carbocycles. The van der Waals surface area contributed by atoms with Crippen LogP contribution < -0.4 is 4.90 Å². The number of hydrogen-bond donors (Lipinski definition) is 1. The van der Waals surface area contributed by atoms with Crippen LogP contribution in [0.1, 0.15) is 42.1 Å². The van der Waals surface area contributed by atoms with Crippen LogP contribution in [-0.4, -0.2) is 57.7 Å². The molecule has 0 bridgehead atoms. The third kappa shape index (κ3) is 3.46. The van der Waals surface area contributed by atoms with Crippen LogP contribution in [0.15, 0.2) is 43.0 Å². The van der Waals surface area contributed by atoms with Gasteiger partial charge in [0.25, 0.3) is 5.91 Å². The van der Waals surface area contributed by atoms with Crippen LogP contribution in [0.3, 0.4) is 0 Å². The summed E-state index contributed by atoms with van der Waals surface area (Å²) < 4.78 is 1.95. The lowest BCUT2D eigenvalue weighted by atomic mass is 10.1. The number of anilines is 1. The summed E-state index contributed by atoms with van der Waals surface area (Å²) in [6.07, 6.45) is 8.69. The molecule has 4 rings (SSSR count). The minimum absolute atomic E-state index is 0.0205. The minimum atomic E-state index is -0.459. The molecule has 0 unspecified atom stereocenters. The van der Waals surface area contributed by atoms with Crippen molar-refractivity contribution in [3.63, 3.8) is 0 Å². The van der Waals surface area contributed by atoms with E-state index >= 15 is 0 Å². The quantitative estimate of drug-likeness (QED) is 0.919. The van der Waals surface area contributed by atoms with Crippen LogP contribution in [0.2, 0.25) is 0 Å². The predicted molar refractivity (Wildman–Crippen MR) is 100 cm³/mol. The molecular formula is C20H26N4O2.